The summed E-state index contributed by atoms with van der Waals surface area (Å²) in [6.45, 7) is 0.464. The third-order valence-electron chi connectivity index (χ3n) is 4.34. The Kier molecular flexibility index (Phi) is 5.68. The van der Waals surface area contributed by atoms with Crippen molar-refractivity contribution >= 4 is 11.6 Å². The molecule has 2 rings (SSSR count). The molecule has 0 bridgehead atoms. The van der Waals surface area contributed by atoms with Crippen molar-refractivity contribution in [2.24, 2.45) is 11.7 Å². The molecule has 1 fully saturated rings. The lowest BCUT2D eigenvalue weighted by atomic mass is 9.88. The second-order valence-corrected chi connectivity index (χ2v) is 6.13. The minimum atomic E-state index is -0.357. The Morgan fingerprint density at radius 1 is 1.32 bits per heavy atom. The smallest absolute Gasteiger partial charge is 0.0621 e. The maximum absolute atomic E-state index is 10.4. The molecule has 1 aromatic carbocycles. The molecule has 2 atom stereocenters. The first-order valence-electron chi connectivity index (χ1n) is 7.34. The average molecular weight is 282 g/mol. The van der Waals surface area contributed by atoms with Crippen molar-refractivity contribution in [2.75, 3.05) is 6.54 Å². The molecule has 1 aromatic rings. The van der Waals surface area contributed by atoms with Crippen molar-refractivity contribution in [3.05, 3.63) is 34.9 Å². The molecule has 0 radical (unpaired) electrons. The summed E-state index contributed by atoms with van der Waals surface area (Å²) < 4.78 is 0. The molecule has 1 aliphatic carbocycles. The standard InChI is InChI=1S/C16H24ClNO/c17-14-7-3-6-13(10-14)15(11-18)16(19)9-8-12-4-1-2-5-12/h3,6-7,10,12,15-16,19H,1-2,4-5,8-9,11,18H2. The van der Waals surface area contributed by atoms with Crippen molar-refractivity contribution in [1.29, 1.82) is 0 Å². The predicted molar refractivity (Wildman–Crippen MR) is 80.4 cm³/mol. The molecule has 3 N–H and O–H groups in total. The first-order chi connectivity index (χ1) is 9.20. The van der Waals surface area contributed by atoms with Gasteiger partial charge < -0.3 is 10.8 Å². The van der Waals surface area contributed by atoms with Gasteiger partial charge in [0.2, 0.25) is 0 Å². The van der Waals surface area contributed by atoms with E-state index in [2.05, 4.69) is 0 Å². The number of rotatable bonds is 6. The van der Waals surface area contributed by atoms with E-state index in [1.807, 2.05) is 24.3 Å². The largest absolute Gasteiger partial charge is 0.392 e. The Morgan fingerprint density at radius 2 is 2.05 bits per heavy atom. The van der Waals surface area contributed by atoms with Gasteiger partial charge >= 0.3 is 0 Å². The molecule has 0 heterocycles. The number of aliphatic hydroxyl groups is 1. The molecule has 1 saturated carbocycles. The highest BCUT2D eigenvalue weighted by Crippen LogP contribution is 2.31. The van der Waals surface area contributed by atoms with E-state index in [0.717, 1.165) is 24.3 Å². The van der Waals surface area contributed by atoms with E-state index in [9.17, 15) is 5.11 Å². The van der Waals surface area contributed by atoms with Gasteiger partial charge in [-0.15, -0.1) is 0 Å². The highest BCUT2D eigenvalue weighted by molar-refractivity contribution is 6.30. The van der Waals surface area contributed by atoms with Gasteiger partial charge in [-0.2, -0.15) is 0 Å². The lowest BCUT2D eigenvalue weighted by Gasteiger charge is -2.23. The first kappa shape index (κ1) is 14.8. The number of benzene rings is 1. The molecule has 2 unspecified atom stereocenters. The molecular weight excluding hydrogens is 258 g/mol. The van der Waals surface area contributed by atoms with E-state index in [1.165, 1.54) is 25.7 Å². The van der Waals surface area contributed by atoms with E-state index >= 15 is 0 Å². The summed E-state index contributed by atoms with van der Waals surface area (Å²) in [5, 5.41) is 11.1. The van der Waals surface area contributed by atoms with Crippen LogP contribution in [-0.4, -0.2) is 17.8 Å². The van der Waals surface area contributed by atoms with Crippen LogP contribution in [0.25, 0.3) is 0 Å². The fourth-order valence-electron chi connectivity index (χ4n) is 3.16. The molecule has 0 spiro atoms. The van der Waals surface area contributed by atoms with Crippen LogP contribution in [0.1, 0.15) is 50.0 Å². The number of hydrogen-bond acceptors (Lipinski definition) is 2. The zero-order valence-electron chi connectivity index (χ0n) is 11.4. The maximum Gasteiger partial charge on any atom is 0.0621 e. The Hall–Kier alpha value is -0.570. The molecule has 19 heavy (non-hydrogen) atoms. The molecule has 0 saturated heterocycles. The summed E-state index contributed by atoms with van der Waals surface area (Å²) in [7, 11) is 0. The van der Waals surface area contributed by atoms with Crippen LogP contribution in [-0.2, 0) is 0 Å². The average Bonchev–Trinajstić information content (AvgIpc) is 2.90. The number of aliphatic hydroxyl groups excluding tert-OH is 1. The Balaban J connectivity index is 1.92. The summed E-state index contributed by atoms with van der Waals surface area (Å²) in [6, 6.07) is 7.69. The second kappa shape index (κ2) is 7.28. The van der Waals surface area contributed by atoms with E-state index in [1.54, 1.807) is 0 Å². The van der Waals surface area contributed by atoms with Crippen molar-refractivity contribution < 1.29 is 5.11 Å². The van der Waals surface area contributed by atoms with Crippen LogP contribution in [0.2, 0.25) is 5.02 Å². The molecule has 0 amide bonds. The number of nitrogens with two attached hydrogens (primary N) is 1. The molecule has 1 aliphatic rings. The van der Waals surface area contributed by atoms with Crippen molar-refractivity contribution in [3.63, 3.8) is 0 Å². The van der Waals surface area contributed by atoms with Crippen LogP contribution in [0, 0.1) is 5.92 Å². The van der Waals surface area contributed by atoms with Crippen LogP contribution in [0.15, 0.2) is 24.3 Å². The number of halogens is 1. The van der Waals surface area contributed by atoms with Crippen LogP contribution >= 0.6 is 11.6 Å². The van der Waals surface area contributed by atoms with Crippen molar-refractivity contribution in [2.45, 2.75) is 50.5 Å². The highest BCUT2D eigenvalue weighted by Gasteiger charge is 2.22. The van der Waals surface area contributed by atoms with Crippen LogP contribution in [0.3, 0.4) is 0 Å². The summed E-state index contributed by atoms with van der Waals surface area (Å²) in [4.78, 5) is 0. The van der Waals surface area contributed by atoms with Gasteiger partial charge in [-0.3, -0.25) is 0 Å². The van der Waals surface area contributed by atoms with E-state index in [0.29, 0.717) is 11.6 Å². The van der Waals surface area contributed by atoms with Gasteiger partial charge in [0, 0.05) is 17.5 Å². The fourth-order valence-corrected chi connectivity index (χ4v) is 3.36. The third kappa shape index (κ3) is 4.20. The van der Waals surface area contributed by atoms with E-state index in [-0.39, 0.29) is 12.0 Å². The van der Waals surface area contributed by atoms with Gasteiger partial charge in [0.1, 0.15) is 0 Å². The molecule has 2 nitrogen and oxygen atoms in total. The van der Waals surface area contributed by atoms with Crippen molar-refractivity contribution in [1.82, 2.24) is 0 Å². The molecule has 3 heteroatoms. The molecular formula is C16H24ClNO. The van der Waals surface area contributed by atoms with Gasteiger partial charge in [-0.05, 0) is 36.5 Å². The third-order valence-corrected chi connectivity index (χ3v) is 4.58. The molecule has 0 aromatic heterocycles. The zero-order valence-corrected chi connectivity index (χ0v) is 12.1. The lowest BCUT2D eigenvalue weighted by molar-refractivity contribution is 0.127. The molecule has 106 valence electrons. The normalized spacial score (nSPS) is 19.5. The quantitative estimate of drug-likeness (QED) is 0.835. The lowest BCUT2D eigenvalue weighted by Crippen LogP contribution is -2.26. The SMILES string of the molecule is NCC(c1cccc(Cl)c1)C(O)CCC1CCCC1. The highest BCUT2D eigenvalue weighted by atomic mass is 35.5. The van der Waals surface area contributed by atoms with Crippen LogP contribution in [0.5, 0.6) is 0 Å². The van der Waals surface area contributed by atoms with Gasteiger partial charge in [-0.25, -0.2) is 0 Å². The number of hydrogen-bond donors (Lipinski definition) is 2. The van der Waals surface area contributed by atoms with E-state index in [4.69, 9.17) is 17.3 Å². The molecule has 0 aliphatic heterocycles. The van der Waals surface area contributed by atoms with Gasteiger partial charge in [0.05, 0.1) is 6.10 Å². The van der Waals surface area contributed by atoms with E-state index < -0.39 is 0 Å². The van der Waals surface area contributed by atoms with Crippen LogP contribution < -0.4 is 5.73 Å². The minimum Gasteiger partial charge on any atom is -0.392 e. The predicted octanol–water partition coefficient (Wildman–Crippen LogP) is 3.71. The van der Waals surface area contributed by atoms with Gasteiger partial charge in [0.15, 0.2) is 0 Å². The Morgan fingerprint density at radius 3 is 2.68 bits per heavy atom. The summed E-state index contributed by atoms with van der Waals surface area (Å²) >= 11 is 6.01. The summed E-state index contributed by atoms with van der Waals surface area (Å²) in [5.41, 5.74) is 6.89. The first-order valence-corrected chi connectivity index (χ1v) is 7.72. The monoisotopic (exact) mass is 281 g/mol. The topological polar surface area (TPSA) is 46.2 Å². The minimum absolute atomic E-state index is 0.0000954. The Bertz CT molecular complexity index is 390. The van der Waals surface area contributed by atoms with Crippen molar-refractivity contribution in [3.8, 4) is 0 Å². The van der Waals surface area contributed by atoms with Crippen LogP contribution in [0.4, 0.5) is 0 Å². The maximum atomic E-state index is 10.4. The second-order valence-electron chi connectivity index (χ2n) is 5.69. The van der Waals surface area contributed by atoms with Gasteiger partial charge in [0.25, 0.3) is 0 Å². The zero-order chi connectivity index (χ0) is 13.7. The summed E-state index contributed by atoms with van der Waals surface area (Å²) in [5.74, 6) is 0.813. The Labute approximate surface area is 121 Å². The van der Waals surface area contributed by atoms with Gasteiger partial charge in [-0.1, -0.05) is 49.4 Å². The summed E-state index contributed by atoms with van der Waals surface area (Å²) in [6.07, 6.45) is 6.99. The fraction of sp³-hybridized carbons (Fsp3) is 0.625.